The predicted octanol–water partition coefficient (Wildman–Crippen LogP) is 2.71. The average molecular weight is 337 g/mol. The number of hydrogen-bond acceptors (Lipinski definition) is 4. The molecule has 6 heteroatoms. The molecule has 0 radical (unpaired) electrons. The molecule has 0 aliphatic carbocycles. The first-order valence-corrected chi connectivity index (χ1v) is 9.16. The van der Waals surface area contributed by atoms with E-state index in [1.54, 1.807) is 25.4 Å². The zero-order valence-corrected chi connectivity index (χ0v) is 14.2. The summed E-state index contributed by atoms with van der Waals surface area (Å²) in [6, 6.07) is 11.3. The van der Waals surface area contributed by atoms with E-state index in [-0.39, 0.29) is 5.91 Å². The molecule has 1 amide bonds. The Balaban J connectivity index is 1.89. The number of carbonyl (C=O) groups is 1. The molecule has 0 bridgehead atoms. The highest BCUT2D eigenvalue weighted by Crippen LogP contribution is 2.15. The van der Waals surface area contributed by atoms with Gasteiger partial charge in [0, 0.05) is 21.4 Å². The Morgan fingerprint density at radius 3 is 2.86 bits per heavy atom. The molecule has 1 heterocycles. The van der Waals surface area contributed by atoms with Gasteiger partial charge in [0.25, 0.3) is 0 Å². The number of nitrogens with one attached hydrogen (secondary N) is 1. The largest absolute Gasteiger partial charge is 0.497 e. The Morgan fingerprint density at radius 2 is 2.18 bits per heavy atom. The quantitative estimate of drug-likeness (QED) is 0.845. The monoisotopic (exact) mass is 337 g/mol. The molecule has 1 aromatic heterocycles. The Bertz CT molecular complexity index is 641. The lowest BCUT2D eigenvalue weighted by atomic mass is 10.2. The minimum absolute atomic E-state index is 0.186. The topological polar surface area (TPSA) is 55.4 Å². The Labute approximate surface area is 137 Å². The summed E-state index contributed by atoms with van der Waals surface area (Å²) in [4.78, 5) is 13.2. The van der Waals surface area contributed by atoms with E-state index >= 15 is 0 Å². The number of thiophene rings is 1. The Kier molecular flexibility index (Phi) is 6.15. The first-order valence-electron chi connectivity index (χ1n) is 6.90. The number of rotatable bonds is 7. The highest BCUT2D eigenvalue weighted by molar-refractivity contribution is 7.85. The smallest absolute Gasteiger partial charge is 0.235 e. The Morgan fingerprint density at radius 1 is 1.36 bits per heavy atom. The molecular weight excluding hydrogens is 318 g/mol. The SMILES string of the molecule is COc1cccc(C[S@](=O)[C@H](C)C(=O)NCc2cccs2)c1. The van der Waals surface area contributed by atoms with Gasteiger partial charge in [-0.15, -0.1) is 11.3 Å². The maximum absolute atomic E-state index is 12.3. The fourth-order valence-corrected chi connectivity index (χ4v) is 3.63. The van der Waals surface area contributed by atoms with Crippen LogP contribution in [-0.2, 0) is 27.9 Å². The van der Waals surface area contributed by atoms with Gasteiger partial charge in [-0.25, -0.2) is 0 Å². The van der Waals surface area contributed by atoms with E-state index in [1.165, 1.54) is 0 Å². The van der Waals surface area contributed by atoms with Gasteiger partial charge in [0.2, 0.25) is 5.91 Å². The summed E-state index contributed by atoms with van der Waals surface area (Å²) >= 11 is 1.59. The van der Waals surface area contributed by atoms with Crippen LogP contribution < -0.4 is 10.1 Å². The van der Waals surface area contributed by atoms with Gasteiger partial charge in [-0.1, -0.05) is 18.2 Å². The second-order valence-corrected chi connectivity index (χ2v) is 7.61. The van der Waals surface area contributed by atoms with Crippen molar-refractivity contribution in [3.05, 3.63) is 52.2 Å². The molecule has 1 N–H and O–H groups in total. The lowest BCUT2D eigenvalue weighted by molar-refractivity contribution is -0.120. The van der Waals surface area contributed by atoms with Crippen LogP contribution >= 0.6 is 11.3 Å². The van der Waals surface area contributed by atoms with Crippen LogP contribution in [0.4, 0.5) is 0 Å². The second kappa shape index (κ2) is 8.10. The summed E-state index contributed by atoms with van der Waals surface area (Å²) in [6.07, 6.45) is 0. The molecule has 0 saturated heterocycles. The molecule has 2 aromatic rings. The standard InChI is InChI=1S/C16H19NO3S2/c1-12(16(18)17-10-15-7-4-8-21-15)22(19)11-13-5-3-6-14(9-13)20-2/h3-9,12H,10-11H2,1-2H3,(H,17,18)/t12-,22+/m1/s1. The maximum Gasteiger partial charge on any atom is 0.235 e. The van der Waals surface area contributed by atoms with Gasteiger partial charge in [-0.3, -0.25) is 9.00 Å². The van der Waals surface area contributed by atoms with E-state index in [1.807, 2.05) is 41.8 Å². The van der Waals surface area contributed by atoms with Crippen molar-refractivity contribution < 1.29 is 13.7 Å². The number of methoxy groups -OCH3 is 1. The molecule has 0 unspecified atom stereocenters. The summed E-state index contributed by atoms with van der Waals surface area (Å²) in [5.74, 6) is 0.879. The minimum atomic E-state index is -1.27. The van der Waals surface area contributed by atoms with E-state index in [2.05, 4.69) is 5.32 Å². The van der Waals surface area contributed by atoms with Gasteiger partial charge in [0.15, 0.2) is 0 Å². The summed E-state index contributed by atoms with van der Waals surface area (Å²) in [5.41, 5.74) is 0.899. The van der Waals surface area contributed by atoms with Gasteiger partial charge in [0.1, 0.15) is 11.0 Å². The van der Waals surface area contributed by atoms with E-state index < -0.39 is 16.0 Å². The zero-order chi connectivity index (χ0) is 15.9. The maximum atomic E-state index is 12.3. The fourth-order valence-electron chi connectivity index (χ4n) is 1.90. The highest BCUT2D eigenvalue weighted by atomic mass is 32.2. The van der Waals surface area contributed by atoms with Crippen molar-refractivity contribution in [2.45, 2.75) is 24.5 Å². The summed E-state index contributed by atoms with van der Waals surface area (Å²) < 4.78 is 17.5. The molecule has 1 aromatic carbocycles. The van der Waals surface area contributed by atoms with Crippen molar-refractivity contribution in [2.75, 3.05) is 7.11 Å². The molecule has 0 aliphatic heterocycles. The van der Waals surface area contributed by atoms with Crippen molar-refractivity contribution in [3.8, 4) is 5.75 Å². The lowest BCUT2D eigenvalue weighted by Crippen LogP contribution is -2.35. The third-order valence-corrected chi connectivity index (χ3v) is 5.72. The number of benzene rings is 1. The molecule has 4 nitrogen and oxygen atoms in total. The molecule has 0 spiro atoms. The van der Waals surface area contributed by atoms with Crippen LogP contribution in [0, 0.1) is 0 Å². The van der Waals surface area contributed by atoms with Crippen LogP contribution in [0.5, 0.6) is 5.75 Å². The number of ether oxygens (including phenoxy) is 1. The molecule has 0 fully saturated rings. The Hall–Kier alpha value is -1.66. The molecule has 0 saturated carbocycles. The third kappa shape index (κ3) is 4.68. The van der Waals surface area contributed by atoms with Crippen LogP contribution in [-0.4, -0.2) is 22.5 Å². The lowest BCUT2D eigenvalue weighted by Gasteiger charge is -2.12. The predicted molar refractivity (Wildman–Crippen MR) is 90.5 cm³/mol. The molecular formula is C16H19NO3S2. The van der Waals surface area contributed by atoms with E-state index in [0.717, 1.165) is 16.2 Å². The molecule has 22 heavy (non-hydrogen) atoms. The van der Waals surface area contributed by atoms with E-state index in [9.17, 15) is 9.00 Å². The van der Waals surface area contributed by atoms with Gasteiger partial charge >= 0.3 is 0 Å². The average Bonchev–Trinajstić information content (AvgIpc) is 3.05. The van der Waals surface area contributed by atoms with Crippen molar-refractivity contribution in [1.29, 1.82) is 0 Å². The zero-order valence-electron chi connectivity index (χ0n) is 12.6. The van der Waals surface area contributed by atoms with Gasteiger partial charge < -0.3 is 10.1 Å². The van der Waals surface area contributed by atoms with Crippen LogP contribution in [0.15, 0.2) is 41.8 Å². The summed E-state index contributed by atoms with van der Waals surface area (Å²) in [7, 11) is 0.325. The van der Waals surface area contributed by atoms with Gasteiger partial charge in [-0.05, 0) is 36.1 Å². The van der Waals surface area contributed by atoms with Crippen molar-refractivity contribution in [1.82, 2.24) is 5.32 Å². The van der Waals surface area contributed by atoms with Gasteiger partial charge in [0.05, 0.1) is 13.7 Å². The number of amides is 1. The van der Waals surface area contributed by atoms with Crippen molar-refractivity contribution in [2.24, 2.45) is 0 Å². The fraction of sp³-hybridized carbons (Fsp3) is 0.312. The van der Waals surface area contributed by atoms with Crippen molar-refractivity contribution in [3.63, 3.8) is 0 Å². The summed E-state index contributed by atoms with van der Waals surface area (Å²) in [6.45, 7) is 2.18. The summed E-state index contributed by atoms with van der Waals surface area (Å²) in [5, 5.41) is 4.24. The molecule has 0 aliphatic rings. The van der Waals surface area contributed by atoms with Crippen LogP contribution in [0.25, 0.3) is 0 Å². The normalized spacial score (nSPS) is 13.4. The van der Waals surface area contributed by atoms with Crippen molar-refractivity contribution >= 4 is 28.0 Å². The van der Waals surface area contributed by atoms with E-state index in [4.69, 9.17) is 4.74 Å². The highest BCUT2D eigenvalue weighted by Gasteiger charge is 2.20. The first kappa shape index (κ1) is 16.7. The van der Waals surface area contributed by atoms with E-state index in [0.29, 0.717) is 12.3 Å². The number of carbonyl (C=O) groups excluding carboxylic acids is 1. The number of hydrogen-bond donors (Lipinski definition) is 1. The molecule has 2 rings (SSSR count). The first-order chi connectivity index (χ1) is 10.6. The second-order valence-electron chi connectivity index (χ2n) is 4.82. The third-order valence-electron chi connectivity index (χ3n) is 3.22. The van der Waals surface area contributed by atoms with Crippen LogP contribution in [0.2, 0.25) is 0 Å². The van der Waals surface area contributed by atoms with Gasteiger partial charge in [-0.2, -0.15) is 0 Å². The van der Waals surface area contributed by atoms with Crippen LogP contribution in [0.1, 0.15) is 17.4 Å². The minimum Gasteiger partial charge on any atom is -0.497 e. The van der Waals surface area contributed by atoms with Crippen LogP contribution in [0.3, 0.4) is 0 Å². The molecule has 2 atom stereocenters. The molecule has 118 valence electrons.